The SMILES string of the molecule is CC1CCC(NC(=O)NCC2CSCCS2)(C(=O)O)CC1. The number of carboxylic acids is 1. The van der Waals surface area contributed by atoms with Gasteiger partial charge in [-0.15, -0.1) is 0 Å². The number of hydrogen-bond donors (Lipinski definition) is 3. The Morgan fingerprint density at radius 1 is 1.29 bits per heavy atom. The van der Waals surface area contributed by atoms with Crippen molar-refractivity contribution in [3.63, 3.8) is 0 Å². The summed E-state index contributed by atoms with van der Waals surface area (Å²) >= 11 is 3.79. The highest BCUT2D eigenvalue weighted by Crippen LogP contribution is 2.32. The van der Waals surface area contributed by atoms with Crippen LogP contribution in [0.4, 0.5) is 4.79 Å². The van der Waals surface area contributed by atoms with E-state index in [0.29, 0.717) is 30.6 Å². The summed E-state index contributed by atoms with van der Waals surface area (Å²) in [6.45, 7) is 2.74. The highest BCUT2D eigenvalue weighted by Gasteiger charge is 2.42. The highest BCUT2D eigenvalue weighted by molar-refractivity contribution is 8.06. The van der Waals surface area contributed by atoms with Gasteiger partial charge in [-0.2, -0.15) is 23.5 Å². The second-order valence-electron chi connectivity index (χ2n) is 5.97. The van der Waals surface area contributed by atoms with Crippen LogP contribution in [0.5, 0.6) is 0 Å². The van der Waals surface area contributed by atoms with Gasteiger partial charge in [-0.05, 0) is 31.6 Å². The molecule has 1 atom stereocenters. The van der Waals surface area contributed by atoms with E-state index in [1.165, 1.54) is 5.75 Å². The lowest BCUT2D eigenvalue weighted by atomic mass is 9.77. The smallest absolute Gasteiger partial charge is 0.329 e. The van der Waals surface area contributed by atoms with E-state index in [4.69, 9.17) is 0 Å². The molecule has 1 aliphatic heterocycles. The van der Waals surface area contributed by atoms with Crippen molar-refractivity contribution in [2.24, 2.45) is 5.92 Å². The Morgan fingerprint density at radius 3 is 2.57 bits per heavy atom. The molecule has 2 amide bonds. The zero-order valence-corrected chi connectivity index (χ0v) is 14.0. The fourth-order valence-corrected chi connectivity index (χ4v) is 5.38. The third-order valence-corrected chi connectivity index (χ3v) is 7.11. The predicted molar refractivity (Wildman–Crippen MR) is 88.1 cm³/mol. The van der Waals surface area contributed by atoms with E-state index in [-0.39, 0.29) is 6.03 Å². The van der Waals surface area contributed by atoms with Gasteiger partial charge in [-0.25, -0.2) is 9.59 Å². The number of aliphatic carboxylic acids is 1. The third kappa shape index (κ3) is 4.71. The van der Waals surface area contributed by atoms with Crippen molar-refractivity contribution in [2.75, 3.05) is 23.8 Å². The van der Waals surface area contributed by atoms with Gasteiger partial charge < -0.3 is 15.7 Å². The summed E-state index contributed by atoms with van der Waals surface area (Å²) in [6.07, 6.45) is 2.74. The first-order valence-electron chi connectivity index (χ1n) is 7.50. The first-order chi connectivity index (χ1) is 10.0. The van der Waals surface area contributed by atoms with Crippen molar-refractivity contribution in [2.45, 2.75) is 43.4 Å². The molecule has 120 valence electrons. The first-order valence-corrected chi connectivity index (χ1v) is 9.71. The first kappa shape index (κ1) is 16.8. The zero-order chi connectivity index (χ0) is 15.3. The molecule has 2 rings (SSSR count). The van der Waals surface area contributed by atoms with Crippen LogP contribution in [0.15, 0.2) is 0 Å². The van der Waals surface area contributed by atoms with Gasteiger partial charge in [0.15, 0.2) is 0 Å². The van der Waals surface area contributed by atoms with E-state index in [9.17, 15) is 14.7 Å². The van der Waals surface area contributed by atoms with Crippen molar-refractivity contribution in [1.82, 2.24) is 10.6 Å². The number of nitrogens with one attached hydrogen (secondary N) is 2. The molecule has 5 nitrogen and oxygen atoms in total. The molecule has 1 heterocycles. The van der Waals surface area contributed by atoms with E-state index in [1.54, 1.807) is 0 Å². The van der Waals surface area contributed by atoms with Crippen LogP contribution in [-0.4, -0.2) is 51.7 Å². The molecule has 21 heavy (non-hydrogen) atoms. The summed E-state index contributed by atoms with van der Waals surface area (Å²) in [4.78, 5) is 23.6. The molecule has 0 radical (unpaired) electrons. The van der Waals surface area contributed by atoms with E-state index in [1.807, 2.05) is 23.5 Å². The number of carbonyl (C=O) groups is 2. The van der Waals surface area contributed by atoms with Crippen LogP contribution in [0.2, 0.25) is 0 Å². The van der Waals surface area contributed by atoms with E-state index < -0.39 is 11.5 Å². The van der Waals surface area contributed by atoms with Crippen LogP contribution >= 0.6 is 23.5 Å². The second-order valence-corrected chi connectivity index (χ2v) is 8.53. The molecule has 0 aromatic heterocycles. The van der Waals surface area contributed by atoms with Gasteiger partial charge >= 0.3 is 12.0 Å². The number of hydrogen-bond acceptors (Lipinski definition) is 4. The van der Waals surface area contributed by atoms with E-state index >= 15 is 0 Å². The summed E-state index contributed by atoms with van der Waals surface area (Å²) in [5.74, 6) is 2.97. The van der Waals surface area contributed by atoms with Crippen LogP contribution in [0.3, 0.4) is 0 Å². The molecule has 1 saturated heterocycles. The predicted octanol–water partition coefficient (Wildman–Crippen LogP) is 2.17. The van der Waals surface area contributed by atoms with Gasteiger partial charge in [0.25, 0.3) is 0 Å². The maximum Gasteiger partial charge on any atom is 0.329 e. The lowest BCUT2D eigenvalue weighted by Crippen LogP contribution is -2.59. The molecular formula is C14H24N2O3S2. The van der Waals surface area contributed by atoms with Crippen molar-refractivity contribution >= 4 is 35.5 Å². The van der Waals surface area contributed by atoms with Gasteiger partial charge in [-0.1, -0.05) is 6.92 Å². The minimum atomic E-state index is -1.08. The Labute approximate surface area is 134 Å². The topological polar surface area (TPSA) is 78.4 Å². The van der Waals surface area contributed by atoms with Crippen molar-refractivity contribution < 1.29 is 14.7 Å². The summed E-state index contributed by atoms with van der Waals surface area (Å²) in [6, 6.07) is -0.344. The largest absolute Gasteiger partial charge is 0.480 e. The summed E-state index contributed by atoms with van der Waals surface area (Å²) in [5, 5.41) is 15.5. The van der Waals surface area contributed by atoms with Gasteiger partial charge in [0.1, 0.15) is 5.54 Å². The maximum atomic E-state index is 12.0. The lowest BCUT2D eigenvalue weighted by molar-refractivity contribution is -0.146. The fourth-order valence-electron chi connectivity index (χ4n) is 2.77. The monoisotopic (exact) mass is 332 g/mol. The molecule has 2 aliphatic rings. The van der Waals surface area contributed by atoms with Crippen LogP contribution in [-0.2, 0) is 4.79 Å². The fraction of sp³-hybridized carbons (Fsp3) is 0.857. The number of amides is 2. The number of thioether (sulfide) groups is 2. The average molecular weight is 332 g/mol. The molecule has 0 aromatic carbocycles. The molecular weight excluding hydrogens is 308 g/mol. The van der Waals surface area contributed by atoms with Crippen LogP contribution < -0.4 is 10.6 Å². The van der Waals surface area contributed by atoms with Gasteiger partial charge in [0.2, 0.25) is 0 Å². The summed E-state index contributed by atoms with van der Waals surface area (Å²) in [5.41, 5.74) is -1.08. The van der Waals surface area contributed by atoms with Crippen LogP contribution in [0, 0.1) is 5.92 Å². The molecule has 7 heteroatoms. The van der Waals surface area contributed by atoms with Gasteiger partial charge in [0, 0.05) is 29.1 Å². The van der Waals surface area contributed by atoms with Gasteiger partial charge in [-0.3, -0.25) is 0 Å². The Balaban J connectivity index is 1.82. The second kappa shape index (κ2) is 7.63. The Kier molecular flexibility index (Phi) is 6.10. The molecule has 0 spiro atoms. The van der Waals surface area contributed by atoms with E-state index in [0.717, 1.165) is 24.3 Å². The quantitative estimate of drug-likeness (QED) is 0.735. The molecule has 3 N–H and O–H groups in total. The minimum Gasteiger partial charge on any atom is -0.480 e. The number of carbonyl (C=O) groups excluding carboxylic acids is 1. The van der Waals surface area contributed by atoms with Crippen LogP contribution in [0.25, 0.3) is 0 Å². The van der Waals surface area contributed by atoms with Crippen molar-refractivity contribution in [3.05, 3.63) is 0 Å². The lowest BCUT2D eigenvalue weighted by Gasteiger charge is -2.36. The highest BCUT2D eigenvalue weighted by atomic mass is 32.2. The minimum absolute atomic E-state index is 0.344. The molecule has 0 bridgehead atoms. The van der Waals surface area contributed by atoms with Crippen molar-refractivity contribution in [1.29, 1.82) is 0 Å². The molecule has 1 saturated carbocycles. The van der Waals surface area contributed by atoms with Gasteiger partial charge in [0.05, 0.1) is 0 Å². The van der Waals surface area contributed by atoms with Crippen LogP contribution in [0.1, 0.15) is 32.6 Å². The number of carboxylic acid groups (broad SMARTS) is 1. The molecule has 1 unspecified atom stereocenters. The standard InChI is InChI=1S/C14H24N2O3S2/c1-10-2-4-14(5-3-10,12(17)18)16-13(19)15-8-11-9-20-6-7-21-11/h10-11H,2-9H2,1H3,(H,17,18)(H2,15,16,19). The molecule has 0 aromatic rings. The third-order valence-electron chi connectivity index (χ3n) is 4.27. The van der Waals surface area contributed by atoms with Crippen molar-refractivity contribution in [3.8, 4) is 0 Å². The maximum absolute atomic E-state index is 12.0. The summed E-state index contributed by atoms with van der Waals surface area (Å²) < 4.78 is 0. The average Bonchev–Trinajstić information content (AvgIpc) is 2.48. The van der Waals surface area contributed by atoms with E-state index in [2.05, 4.69) is 17.6 Å². The Hall–Kier alpha value is -0.560. The Bertz CT molecular complexity index is 378. The molecule has 1 aliphatic carbocycles. The molecule has 2 fully saturated rings. The zero-order valence-electron chi connectivity index (χ0n) is 12.4. The summed E-state index contributed by atoms with van der Waals surface area (Å²) in [7, 11) is 0. The Morgan fingerprint density at radius 2 is 2.00 bits per heavy atom. The number of rotatable bonds is 4. The number of urea groups is 1. The normalized spacial score (nSPS) is 33.2.